The monoisotopic (exact) mass is 322 g/mol. The van der Waals surface area contributed by atoms with Crippen LogP contribution in [-0.4, -0.2) is 47.0 Å². The van der Waals surface area contributed by atoms with Gasteiger partial charge in [0.15, 0.2) is 6.10 Å². The van der Waals surface area contributed by atoms with E-state index < -0.39 is 18.0 Å². The van der Waals surface area contributed by atoms with Crippen molar-refractivity contribution < 1.29 is 19.1 Å². The molecule has 0 saturated carbocycles. The average Bonchev–Trinajstić information content (AvgIpc) is 2.84. The molecule has 7 heteroatoms. The van der Waals surface area contributed by atoms with E-state index in [9.17, 15) is 14.4 Å². The molecule has 2 amide bonds. The topological polar surface area (TPSA) is 75.7 Å². The average molecular weight is 322 g/mol. The molecule has 22 heavy (non-hydrogen) atoms. The van der Waals surface area contributed by atoms with E-state index in [0.717, 1.165) is 5.56 Å². The van der Waals surface area contributed by atoms with E-state index in [1.807, 2.05) is 25.1 Å². The lowest BCUT2D eigenvalue weighted by Crippen LogP contribution is -2.36. The summed E-state index contributed by atoms with van der Waals surface area (Å²) in [6, 6.07) is 7.34. The summed E-state index contributed by atoms with van der Waals surface area (Å²) >= 11 is 1.18. The van der Waals surface area contributed by atoms with Crippen LogP contribution in [-0.2, 0) is 14.3 Å². The molecule has 0 bridgehead atoms. The fraction of sp³-hybridized carbons (Fsp3) is 0.400. The highest BCUT2D eigenvalue weighted by atomic mass is 32.2. The highest BCUT2D eigenvalue weighted by molar-refractivity contribution is 8.13. The fourth-order valence-electron chi connectivity index (χ4n) is 1.98. The number of nitrogens with one attached hydrogen (secondary N) is 1. The van der Waals surface area contributed by atoms with E-state index in [0.29, 0.717) is 18.0 Å². The zero-order chi connectivity index (χ0) is 16.1. The SMILES string of the molecule is Cc1cccc(NC(=O)[C@@H](C)OC(=O)CN2CCSC2=O)c1. The Bertz CT molecular complexity index is 591. The maximum absolute atomic E-state index is 12.0. The van der Waals surface area contributed by atoms with E-state index in [-0.39, 0.29) is 11.8 Å². The van der Waals surface area contributed by atoms with Crippen LogP contribution in [0.15, 0.2) is 24.3 Å². The minimum absolute atomic E-state index is 0.117. The van der Waals surface area contributed by atoms with Gasteiger partial charge in [0.05, 0.1) is 0 Å². The van der Waals surface area contributed by atoms with Gasteiger partial charge in [-0.25, -0.2) is 0 Å². The molecule has 2 rings (SSSR count). The first-order valence-corrected chi connectivity index (χ1v) is 7.93. The van der Waals surface area contributed by atoms with Crippen molar-refractivity contribution in [2.45, 2.75) is 20.0 Å². The zero-order valence-corrected chi connectivity index (χ0v) is 13.3. The van der Waals surface area contributed by atoms with Crippen molar-refractivity contribution in [1.82, 2.24) is 4.90 Å². The molecule has 1 aromatic carbocycles. The number of thioether (sulfide) groups is 1. The minimum atomic E-state index is -0.918. The second kappa shape index (κ2) is 7.31. The molecule has 1 aromatic rings. The van der Waals surface area contributed by atoms with Gasteiger partial charge in [0, 0.05) is 18.0 Å². The molecule has 1 aliphatic heterocycles. The molecule has 1 heterocycles. The number of carbonyl (C=O) groups is 3. The van der Waals surface area contributed by atoms with Crippen LogP contribution in [0, 0.1) is 6.92 Å². The Morgan fingerprint density at radius 3 is 2.86 bits per heavy atom. The standard InChI is InChI=1S/C15H18N2O4S/c1-10-4-3-5-12(8-10)16-14(19)11(2)21-13(18)9-17-6-7-22-15(17)20/h3-5,8,11H,6-7,9H2,1-2H3,(H,16,19)/t11-/m1/s1. The Kier molecular flexibility index (Phi) is 5.43. The summed E-state index contributed by atoms with van der Waals surface area (Å²) in [5.74, 6) is -0.306. The molecule has 118 valence electrons. The molecule has 1 N–H and O–H groups in total. The van der Waals surface area contributed by atoms with Gasteiger partial charge in [0.2, 0.25) is 0 Å². The van der Waals surface area contributed by atoms with E-state index in [1.165, 1.54) is 23.6 Å². The van der Waals surface area contributed by atoms with E-state index in [4.69, 9.17) is 4.74 Å². The number of esters is 1. The number of carbonyl (C=O) groups excluding carboxylic acids is 3. The van der Waals surface area contributed by atoms with Crippen LogP contribution in [0.4, 0.5) is 10.5 Å². The predicted molar refractivity (Wildman–Crippen MR) is 84.8 cm³/mol. The van der Waals surface area contributed by atoms with Gasteiger partial charge in [-0.3, -0.25) is 14.4 Å². The van der Waals surface area contributed by atoms with Gasteiger partial charge in [-0.2, -0.15) is 0 Å². The van der Waals surface area contributed by atoms with Gasteiger partial charge in [-0.05, 0) is 31.5 Å². The molecule has 0 aliphatic carbocycles. The second-order valence-corrected chi connectivity index (χ2v) is 6.07. The van der Waals surface area contributed by atoms with Crippen LogP contribution in [0.3, 0.4) is 0 Å². The third kappa shape index (κ3) is 4.49. The first-order valence-electron chi connectivity index (χ1n) is 6.94. The number of nitrogens with zero attached hydrogens (tertiary/aromatic N) is 1. The smallest absolute Gasteiger partial charge is 0.326 e. The van der Waals surface area contributed by atoms with Crippen molar-refractivity contribution in [2.75, 3.05) is 24.2 Å². The summed E-state index contributed by atoms with van der Waals surface area (Å²) in [5.41, 5.74) is 1.67. The maximum atomic E-state index is 12.0. The predicted octanol–water partition coefficient (Wildman–Crippen LogP) is 2.03. The summed E-state index contributed by atoms with van der Waals surface area (Å²) in [4.78, 5) is 36.6. The number of rotatable bonds is 5. The molecule has 6 nitrogen and oxygen atoms in total. The number of hydrogen-bond acceptors (Lipinski definition) is 5. The van der Waals surface area contributed by atoms with Gasteiger partial charge < -0.3 is 15.0 Å². The lowest BCUT2D eigenvalue weighted by Gasteiger charge is -2.17. The Morgan fingerprint density at radius 1 is 1.45 bits per heavy atom. The third-order valence-electron chi connectivity index (χ3n) is 3.13. The lowest BCUT2D eigenvalue weighted by molar-refractivity contribution is -0.153. The Morgan fingerprint density at radius 2 is 2.23 bits per heavy atom. The zero-order valence-electron chi connectivity index (χ0n) is 12.5. The number of benzene rings is 1. The third-order valence-corrected chi connectivity index (χ3v) is 4.02. The highest BCUT2D eigenvalue weighted by Gasteiger charge is 2.26. The first kappa shape index (κ1) is 16.4. The van der Waals surface area contributed by atoms with Gasteiger partial charge >= 0.3 is 5.97 Å². The summed E-state index contributed by atoms with van der Waals surface area (Å²) in [6.45, 7) is 3.84. The van der Waals surface area contributed by atoms with Gasteiger partial charge in [-0.15, -0.1) is 0 Å². The summed E-state index contributed by atoms with van der Waals surface area (Å²) in [7, 11) is 0. The molecule has 0 radical (unpaired) electrons. The van der Waals surface area contributed by atoms with E-state index >= 15 is 0 Å². The molecule has 1 fully saturated rings. The number of ether oxygens (including phenoxy) is 1. The van der Waals surface area contributed by atoms with Crippen LogP contribution < -0.4 is 5.32 Å². The summed E-state index contributed by atoms with van der Waals surface area (Å²) in [6.07, 6.45) is -0.918. The molecule has 0 unspecified atom stereocenters. The number of amides is 2. The quantitative estimate of drug-likeness (QED) is 0.840. The normalized spacial score (nSPS) is 15.5. The first-order chi connectivity index (χ1) is 10.5. The number of aryl methyl sites for hydroxylation is 1. The van der Waals surface area contributed by atoms with Crippen LogP contribution >= 0.6 is 11.8 Å². The van der Waals surface area contributed by atoms with Crippen molar-refractivity contribution in [3.05, 3.63) is 29.8 Å². The Hall–Kier alpha value is -2.02. The fourth-order valence-corrected chi connectivity index (χ4v) is 2.80. The number of anilines is 1. The van der Waals surface area contributed by atoms with E-state index in [1.54, 1.807) is 6.07 Å². The van der Waals surface area contributed by atoms with Gasteiger partial charge in [0.25, 0.3) is 11.1 Å². The van der Waals surface area contributed by atoms with Crippen molar-refractivity contribution in [2.24, 2.45) is 0 Å². The van der Waals surface area contributed by atoms with Crippen molar-refractivity contribution >= 4 is 34.6 Å². The van der Waals surface area contributed by atoms with Crippen molar-refractivity contribution in [3.63, 3.8) is 0 Å². The van der Waals surface area contributed by atoms with Crippen LogP contribution in [0.25, 0.3) is 0 Å². The second-order valence-electron chi connectivity index (χ2n) is 5.03. The molecule has 1 saturated heterocycles. The Labute approximate surface area is 133 Å². The molecule has 0 aromatic heterocycles. The van der Waals surface area contributed by atoms with E-state index in [2.05, 4.69) is 5.32 Å². The highest BCUT2D eigenvalue weighted by Crippen LogP contribution is 2.17. The van der Waals surface area contributed by atoms with Crippen LogP contribution in [0.1, 0.15) is 12.5 Å². The molecule has 1 aliphatic rings. The van der Waals surface area contributed by atoms with Gasteiger partial charge in [-0.1, -0.05) is 23.9 Å². The van der Waals surface area contributed by atoms with Gasteiger partial charge in [0.1, 0.15) is 6.54 Å². The molecule has 0 spiro atoms. The molecular formula is C15H18N2O4S. The Balaban J connectivity index is 1.83. The largest absolute Gasteiger partial charge is 0.451 e. The summed E-state index contributed by atoms with van der Waals surface area (Å²) < 4.78 is 5.07. The maximum Gasteiger partial charge on any atom is 0.326 e. The van der Waals surface area contributed by atoms with Crippen molar-refractivity contribution in [3.8, 4) is 0 Å². The molecular weight excluding hydrogens is 304 g/mol. The number of hydrogen-bond donors (Lipinski definition) is 1. The van der Waals surface area contributed by atoms with Crippen molar-refractivity contribution in [1.29, 1.82) is 0 Å². The van der Waals surface area contributed by atoms with Crippen LogP contribution in [0.2, 0.25) is 0 Å². The lowest BCUT2D eigenvalue weighted by atomic mass is 10.2. The molecule has 1 atom stereocenters. The summed E-state index contributed by atoms with van der Waals surface area (Å²) in [5, 5.41) is 2.56. The van der Waals surface area contributed by atoms with Crippen LogP contribution in [0.5, 0.6) is 0 Å². The minimum Gasteiger partial charge on any atom is -0.451 e.